The molecule has 0 N–H and O–H groups in total. The van der Waals surface area contributed by atoms with Gasteiger partial charge in [-0.1, -0.05) is 6.92 Å². The Morgan fingerprint density at radius 2 is 2.08 bits per heavy atom. The summed E-state index contributed by atoms with van der Waals surface area (Å²) in [4.78, 5) is 0. The molecular weight excluding hydrogens is 155 g/mol. The third kappa shape index (κ3) is 1.81. The van der Waals surface area contributed by atoms with Gasteiger partial charge in [0, 0.05) is 26.1 Å². The largest absolute Gasteiger partial charge is 0.382 e. The highest BCUT2D eigenvalue weighted by atomic mass is 16.6. The highest BCUT2D eigenvalue weighted by Crippen LogP contribution is 2.27. The molecule has 1 aliphatic heterocycles. The SMILES string of the molecule is [B][C@@H]1O[C@H](COC)[C@@H](OC)[C@@H]1C. The van der Waals surface area contributed by atoms with E-state index in [0.717, 1.165) is 0 Å². The van der Waals surface area contributed by atoms with Crippen molar-refractivity contribution in [1.29, 1.82) is 0 Å². The fourth-order valence-corrected chi connectivity index (χ4v) is 1.59. The molecule has 1 heterocycles. The van der Waals surface area contributed by atoms with E-state index in [0.29, 0.717) is 6.61 Å². The fraction of sp³-hybridized carbons (Fsp3) is 1.00. The van der Waals surface area contributed by atoms with Crippen LogP contribution in [0, 0.1) is 5.92 Å². The molecule has 0 aromatic rings. The average molecular weight is 170 g/mol. The molecule has 4 atom stereocenters. The number of methoxy groups -OCH3 is 2. The maximum atomic E-state index is 5.71. The summed E-state index contributed by atoms with van der Waals surface area (Å²) in [5.74, 6) is 0.232. The predicted molar refractivity (Wildman–Crippen MR) is 46.3 cm³/mol. The number of rotatable bonds is 3. The van der Waals surface area contributed by atoms with Crippen molar-refractivity contribution < 1.29 is 14.2 Å². The molecule has 0 spiro atoms. The Labute approximate surface area is 74.8 Å². The predicted octanol–water partition coefficient (Wildman–Crippen LogP) is 0.177. The molecule has 1 saturated heterocycles. The lowest BCUT2D eigenvalue weighted by Crippen LogP contribution is -2.31. The minimum atomic E-state index is -0.227. The quantitative estimate of drug-likeness (QED) is 0.565. The Morgan fingerprint density at radius 3 is 2.58 bits per heavy atom. The molecule has 0 unspecified atom stereocenters. The summed E-state index contributed by atoms with van der Waals surface area (Å²) in [7, 11) is 9.02. The lowest BCUT2D eigenvalue weighted by Gasteiger charge is -2.18. The van der Waals surface area contributed by atoms with Crippen LogP contribution in [0.15, 0.2) is 0 Å². The van der Waals surface area contributed by atoms with Crippen LogP contribution in [0.1, 0.15) is 6.92 Å². The van der Waals surface area contributed by atoms with Gasteiger partial charge in [-0.2, -0.15) is 0 Å². The molecule has 0 bridgehead atoms. The summed E-state index contributed by atoms with van der Waals surface area (Å²) in [5.41, 5.74) is 0. The molecule has 12 heavy (non-hydrogen) atoms. The van der Waals surface area contributed by atoms with Gasteiger partial charge in [-0.3, -0.25) is 0 Å². The van der Waals surface area contributed by atoms with Crippen molar-refractivity contribution in [3.8, 4) is 0 Å². The molecule has 3 nitrogen and oxygen atoms in total. The molecule has 68 valence electrons. The summed E-state index contributed by atoms with van der Waals surface area (Å²) >= 11 is 0. The molecule has 0 aromatic heterocycles. The van der Waals surface area contributed by atoms with Gasteiger partial charge >= 0.3 is 0 Å². The van der Waals surface area contributed by atoms with Gasteiger partial charge < -0.3 is 14.2 Å². The third-order valence-corrected chi connectivity index (χ3v) is 2.34. The van der Waals surface area contributed by atoms with E-state index in [1.165, 1.54) is 0 Å². The van der Waals surface area contributed by atoms with Gasteiger partial charge in [0.2, 0.25) is 0 Å². The van der Waals surface area contributed by atoms with Crippen molar-refractivity contribution in [2.75, 3.05) is 20.8 Å². The van der Waals surface area contributed by atoms with Crippen LogP contribution in [0.5, 0.6) is 0 Å². The second-order valence-corrected chi connectivity index (χ2v) is 3.15. The first-order valence-electron chi connectivity index (χ1n) is 4.13. The average Bonchev–Trinajstić information content (AvgIpc) is 2.29. The zero-order valence-electron chi connectivity index (χ0n) is 7.82. The first-order chi connectivity index (χ1) is 5.70. The Balaban J connectivity index is 2.52. The van der Waals surface area contributed by atoms with Crippen LogP contribution >= 0.6 is 0 Å². The smallest absolute Gasteiger partial charge is 0.109 e. The lowest BCUT2D eigenvalue weighted by atomic mass is 9.86. The summed E-state index contributed by atoms with van der Waals surface area (Å²) in [6, 6.07) is -0.227. The van der Waals surface area contributed by atoms with Crippen LogP contribution in [0.2, 0.25) is 0 Å². The monoisotopic (exact) mass is 170 g/mol. The number of hydrogen-bond donors (Lipinski definition) is 0. The first kappa shape index (κ1) is 10.0. The normalized spacial score (nSPS) is 41.9. The summed E-state index contributed by atoms with van der Waals surface area (Å²) < 4.78 is 15.7. The van der Waals surface area contributed by atoms with Crippen LogP contribution < -0.4 is 0 Å². The molecule has 0 amide bonds. The van der Waals surface area contributed by atoms with E-state index in [4.69, 9.17) is 22.1 Å². The van der Waals surface area contributed by atoms with E-state index in [2.05, 4.69) is 0 Å². The minimum absolute atomic E-state index is 0.0231. The van der Waals surface area contributed by atoms with Gasteiger partial charge in [-0.25, -0.2) is 0 Å². The van der Waals surface area contributed by atoms with Crippen molar-refractivity contribution in [3.63, 3.8) is 0 Å². The molecule has 1 aliphatic rings. The molecule has 4 heteroatoms. The topological polar surface area (TPSA) is 27.7 Å². The maximum Gasteiger partial charge on any atom is 0.109 e. The first-order valence-corrected chi connectivity index (χ1v) is 4.13. The van der Waals surface area contributed by atoms with Crippen LogP contribution in [0.3, 0.4) is 0 Å². The lowest BCUT2D eigenvalue weighted by molar-refractivity contribution is -0.0335. The van der Waals surface area contributed by atoms with Gasteiger partial charge in [0.15, 0.2) is 0 Å². The highest BCUT2D eigenvalue weighted by molar-refractivity contribution is 6.11. The van der Waals surface area contributed by atoms with E-state index in [1.54, 1.807) is 14.2 Å². The van der Waals surface area contributed by atoms with Crippen molar-refractivity contribution in [1.82, 2.24) is 0 Å². The molecular formula is C8H15BO3. The Morgan fingerprint density at radius 1 is 1.42 bits per heavy atom. The van der Waals surface area contributed by atoms with Gasteiger partial charge in [-0.15, -0.1) is 0 Å². The Kier molecular flexibility index (Phi) is 3.56. The van der Waals surface area contributed by atoms with Crippen LogP contribution in [-0.4, -0.2) is 46.9 Å². The van der Waals surface area contributed by atoms with Gasteiger partial charge in [0.25, 0.3) is 0 Å². The number of ether oxygens (including phenoxy) is 3. The van der Waals surface area contributed by atoms with E-state index in [-0.39, 0.29) is 24.1 Å². The minimum Gasteiger partial charge on any atom is -0.382 e. The van der Waals surface area contributed by atoms with Crippen molar-refractivity contribution in [2.45, 2.75) is 25.1 Å². The van der Waals surface area contributed by atoms with Crippen LogP contribution in [-0.2, 0) is 14.2 Å². The van der Waals surface area contributed by atoms with Gasteiger partial charge in [0.1, 0.15) is 14.0 Å². The maximum absolute atomic E-state index is 5.71. The van der Waals surface area contributed by atoms with Gasteiger partial charge in [0.05, 0.1) is 12.7 Å². The molecule has 0 aliphatic carbocycles. The molecule has 0 aromatic carbocycles. The zero-order chi connectivity index (χ0) is 9.14. The number of hydrogen-bond acceptors (Lipinski definition) is 3. The molecule has 1 fully saturated rings. The second kappa shape index (κ2) is 4.26. The van der Waals surface area contributed by atoms with Crippen LogP contribution in [0.25, 0.3) is 0 Å². The van der Waals surface area contributed by atoms with E-state index < -0.39 is 0 Å². The highest BCUT2D eigenvalue weighted by Gasteiger charge is 2.39. The summed E-state index contributed by atoms with van der Waals surface area (Å²) in [6.07, 6.45) is 0.0324. The van der Waals surface area contributed by atoms with Crippen molar-refractivity contribution in [2.24, 2.45) is 5.92 Å². The molecule has 0 saturated carbocycles. The van der Waals surface area contributed by atoms with Crippen LogP contribution in [0.4, 0.5) is 0 Å². The zero-order valence-corrected chi connectivity index (χ0v) is 7.82. The third-order valence-electron chi connectivity index (χ3n) is 2.34. The second-order valence-electron chi connectivity index (χ2n) is 3.15. The Bertz CT molecular complexity index is 142. The van der Waals surface area contributed by atoms with Crippen molar-refractivity contribution >= 4 is 7.85 Å². The van der Waals surface area contributed by atoms with Gasteiger partial charge in [-0.05, 0) is 0 Å². The summed E-state index contributed by atoms with van der Waals surface area (Å²) in [6.45, 7) is 2.56. The van der Waals surface area contributed by atoms with E-state index >= 15 is 0 Å². The standard InChI is InChI=1S/C8H15BO3/c1-5-7(11-3)6(4-10-2)12-8(5)9/h5-8H,4H2,1-3H3/t5-,6+,7-,8+/m0/s1. The fourth-order valence-electron chi connectivity index (χ4n) is 1.59. The Hall–Kier alpha value is -0.0551. The molecule has 2 radical (unpaired) electrons. The van der Waals surface area contributed by atoms with Crippen molar-refractivity contribution in [3.05, 3.63) is 0 Å². The summed E-state index contributed by atoms with van der Waals surface area (Å²) in [5, 5.41) is 0. The molecule has 1 rings (SSSR count). The van der Waals surface area contributed by atoms with E-state index in [9.17, 15) is 0 Å². The van der Waals surface area contributed by atoms with E-state index in [1.807, 2.05) is 6.92 Å².